The number of urea groups is 1. The summed E-state index contributed by atoms with van der Waals surface area (Å²) in [6, 6.07) is 6.50. The fourth-order valence-corrected chi connectivity index (χ4v) is 4.62. The van der Waals surface area contributed by atoms with Crippen LogP contribution >= 0.6 is 0 Å². The van der Waals surface area contributed by atoms with E-state index in [1.165, 1.54) is 12.3 Å². The summed E-state index contributed by atoms with van der Waals surface area (Å²) in [5, 5.41) is 17.6. The van der Waals surface area contributed by atoms with Crippen molar-refractivity contribution < 1.29 is 18.7 Å². The summed E-state index contributed by atoms with van der Waals surface area (Å²) in [6.07, 6.45) is 4.09. The third-order valence-corrected chi connectivity index (χ3v) is 6.58. The zero-order chi connectivity index (χ0) is 23.2. The topological polar surface area (TPSA) is 86.0 Å². The zero-order valence-electron chi connectivity index (χ0n) is 18.3. The smallest absolute Gasteiger partial charge is 0.323 e. The van der Waals surface area contributed by atoms with E-state index >= 15 is 0 Å². The molecule has 2 saturated heterocycles. The first-order valence-electron chi connectivity index (χ1n) is 11.2. The molecule has 1 aromatic carbocycles. The number of carbonyl (C=O) groups is 1. The van der Waals surface area contributed by atoms with E-state index in [2.05, 4.69) is 15.4 Å². The van der Waals surface area contributed by atoms with Crippen LogP contribution in [0.5, 0.6) is 0 Å². The number of hydrogen-bond donors (Lipinski definition) is 2. The lowest BCUT2D eigenvalue weighted by atomic mass is 9.94. The number of amides is 2. The standard InChI is InChI=1S/C23H26F2N6O2/c1-23(33)8-11-29(12-9-23)22(32)27-21-14-26-19-6-7-20(28-31(19)21)30-10-2-3-18(30)16-13-15(24)4-5-17(16)25/h4-7,13-14,18,33H,2-3,8-12H2,1H3,(H,27,32)/t18-/m1/s1. The summed E-state index contributed by atoms with van der Waals surface area (Å²) in [6.45, 7) is 3.36. The van der Waals surface area contributed by atoms with Crippen LogP contribution in [-0.4, -0.2) is 55.9 Å². The van der Waals surface area contributed by atoms with Gasteiger partial charge >= 0.3 is 6.03 Å². The summed E-state index contributed by atoms with van der Waals surface area (Å²) in [7, 11) is 0. The molecule has 8 nitrogen and oxygen atoms in total. The minimum absolute atomic E-state index is 0.277. The van der Waals surface area contributed by atoms with Crippen LogP contribution in [0.25, 0.3) is 5.65 Å². The summed E-state index contributed by atoms with van der Waals surface area (Å²) in [5.41, 5.74) is 0.127. The third kappa shape index (κ3) is 4.22. The van der Waals surface area contributed by atoms with E-state index in [0.29, 0.717) is 61.7 Å². The Labute approximate surface area is 189 Å². The zero-order valence-corrected chi connectivity index (χ0v) is 18.3. The quantitative estimate of drug-likeness (QED) is 0.627. The second-order valence-electron chi connectivity index (χ2n) is 9.04. The summed E-state index contributed by atoms with van der Waals surface area (Å²) in [5.74, 6) is 0.101. The molecule has 2 aromatic heterocycles. The molecule has 3 aromatic rings. The monoisotopic (exact) mass is 456 g/mol. The summed E-state index contributed by atoms with van der Waals surface area (Å²) in [4.78, 5) is 20.7. The van der Waals surface area contributed by atoms with E-state index < -0.39 is 17.2 Å². The van der Waals surface area contributed by atoms with Crippen LogP contribution < -0.4 is 10.2 Å². The highest BCUT2D eigenvalue weighted by Crippen LogP contribution is 2.36. The first-order valence-corrected chi connectivity index (χ1v) is 11.2. The highest BCUT2D eigenvalue weighted by Gasteiger charge is 2.31. The Morgan fingerprint density at radius 2 is 1.97 bits per heavy atom. The molecule has 10 heteroatoms. The number of likely N-dealkylation sites (tertiary alicyclic amines) is 1. The van der Waals surface area contributed by atoms with Crippen LogP contribution in [0.4, 0.5) is 25.2 Å². The molecule has 0 unspecified atom stereocenters. The number of rotatable bonds is 3. The number of aromatic nitrogens is 3. The van der Waals surface area contributed by atoms with Crippen LogP contribution in [0, 0.1) is 11.6 Å². The van der Waals surface area contributed by atoms with Crippen molar-refractivity contribution in [2.75, 3.05) is 29.9 Å². The molecule has 5 rings (SSSR count). The van der Waals surface area contributed by atoms with Crippen molar-refractivity contribution in [2.45, 2.75) is 44.2 Å². The van der Waals surface area contributed by atoms with Crippen molar-refractivity contribution in [1.29, 1.82) is 0 Å². The minimum Gasteiger partial charge on any atom is -0.390 e. The maximum Gasteiger partial charge on any atom is 0.323 e. The van der Waals surface area contributed by atoms with Gasteiger partial charge in [0.25, 0.3) is 0 Å². The molecular formula is C23H26F2N6O2. The second-order valence-corrected chi connectivity index (χ2v) is 9.04. The highest BCUT2D eigenvalue weighted by molar-refractivity contribution is 5.88. The number of anilines is 2. The number of halogens is 2. The normalized spacial score (nSPS) is 20.4. The molecule has 0 radical (unpaired) electrons. The fourth-order valence-electron chi connectivity index (χ4n) is 4.62. The number of hydrogen-bond acceptors (Lipinski definition) is 5. The molecule has 0 spiro atoms. The Morgan fingerprint density at radius 3 is 2.76 bits per heavy atom. The molecule has 2 fully saturated rings. The van der Waals surface area contributed by atoms with Crippen LogP contribution in [0.1, 0.15) is 44.2 Å². The Hall–Kier alpha value is -3.27. The molecule has 2 aliphatic rings. The van der Waals surface area contributed by atoms with Crippen molar-refractivity contribution in [3.8, 4) is 0 Å². The van der Waals surface area contributed by atoms with Gasteiger partial charge < -0.3 is 14.9 Å². The van der Waals surface area contributed by atoms with Crippen molar-refractivity contribution in [2.24, 2.45) is 0 Å². The number of carbonyl (C=O) groups excluding carboxylic acids is 1. The van der Waals surface area contributed by atoms with Gasteiger partial charge in [0.15, 0.2) is 11.5 Å². The summed E-state index contributed by atoms with van der Waals surface area (Å²) >= 11 is 0. The summed E-state index contributed by atoms with van der Waals surface area (Å²) < 4.78 is 29.8. The Kier molecular flexibility index (Phi) is 5.40. The van der Waals surface area contributed by atoms with Gasteiger partial charge in [0.05, 0.1) is 17.8 Å². The lowest BCUT2D eigenvalue weighted by Gasteiger charge is -2.35. The number of nitrogens with zero attached hydrogens (tertiary/aromatic N) is 5. The molecule has 174 valence electrons. The number of imidazole rings is 1. The third-order valence-electron chi connectivity index (χ3n) is 6.58. The molecule has 0 bridgehead atoms. The molecule has 33 heavy (non-hydrogen) atoms. The predicted molar refractivity (Wildman–Crippen MR) is 119 cm³/mol. The predicted octanol–water partition coefficient (Wildman–Crippen LogP) is 3.73. The van der Waals surface area contributed by atoms with Gasteiger partial charge in [0.2, 0.25) is 0 Å². The van der Waals surface area contributed by atoms with E-state index in [9.17, 15) is 18.7 Å². The number of piperidine rings is 1. The van der Waals surface area contributed by atoms with Gasteiger partial charge in [0, 0.05) is 25.2 Å². The van der Waals surface area contributed by atoms with Gasteiger partial charge in [0.1, 0.15) is 17.5 Å². The van der Waals surface area contributed by atoms with E-state index in [0.717, 1.165) is 18.6 Å². The lowest BCUT2D eigenvalue weighted by Crippen LogP contribution is -2.46. The number of benzene rings is 1. The Balaban J connectivity index is 1.39. The first kappa shape index (κ1) is 21.6. The number of fused-ring (bicyclic) bond motifs is 1. The van der Waals surface area contributed by atoms with Gasteiger partial charge in [-0.2, -0.15) is 4.52 Å². The van der Waals surface area contributed by atoms with Crippen LogP contribution in [0.2, 0.25) is 0 Å². The molecular weight excluding hydrogens is 430 g/mol. The van der Waals surface area contributed by atoms with Crippen LogP contribution in [0.15, 0.2) is 36.5 Å². The lowest BCUT2D eigenvalue weighted by molar-refractivity contribution is 0.00569. The molecule has 1 atom stereocenters. The van der Waals surface area contributed by atoms with Crippen molar-refractivity contribution in [3.63, 3.8) is 0 Å². The number of aliphatic hydroxyl groups is 1. The molecule has 0 saturated carbocycles. The Bertz CT molecular complexity index is 1190. The molecule has 2 N–H and O–H groups in total. The maximum absolute atomic E-state index is 14.4. The molecule has 2 amide bonds. The van der Waals surface area contributed by atoms with E-state index in [4.69, 9.17) is 0 Å². The van der Waals surface area contributed by atoms with Gasteiger partial charge in [-0.15, -0.1) is 5.10 Å². The fraction of sp³-hybridized carbons (Fsp3) is 0.435. The van der Waals surface area contributed by atoms with E-state index in [1.54, 1.807) is 28.5 Å². The van der Waals surface area contributed by atoms with E-state index in [-0.39, 0.29) is 12.1 Å². The van der Waals surface area contributed by atoms with Crippen LogP contribution in [-0.2, 0) is 0 Å². The largest absolute Gasteiger partial charge is 0.390 e. The SMILES string of the molecule is CC1(O)CCN(C(=O)Nc2cnc3ccc(N4CCC[C@@H]4c4cc(F)ccc4F)nn23)CC1. The molecule has 0 aliphatic carbocycles. The van der Waals surface area contributed by atoms with Gasteiger partial charge in [-0.1, -0.05) is 0 Å². The minimum atomic E-state index is -0.746. The average Bonchev–Trinajstić information content (AvgIpc) is 3.42. The Morgan fingerprint density at radius 1 is 1.18 bits per heavy atom. The van der Waals surface area contributed by atoms with Gasteiger partial charge in [-0.05, 0) is 62.9 Å². The van der Waals surface area contributed by atoms with Crippen molar-refractivity contribution in [3.05, 3.63) is 53.7 Å². The van der Waals surface area contributed by atoms with Crippen molar-refractivity contribution in [1.82, 2.24) is 19.5 Å². The highest BCUT2D eigenvalue weighted by atomic mass is 19.1. The maximum atomic E-state index is 14.4. The second kappa shape index (κ2) is 8.26. The first-order chi connectivity index (χ1) is 15.8. The average molecular weight is 456 g/mol. The van der Waals surface area contributed by atoms with Crippen molar-refractivity contribution >= 4 is 23.3 Å². The van der Waals surface area contributed by atoms with E-state index in [1.807, 2.05) is 4.90 Å². The number of nitrogens with one attached hydrogen (secondary N) is 1. The van der Waals surface area contributed by atoms with Gasteiger partial charge in [-0.25, -0.2) is 18.6 Å². The van der Waals surface area contributed by atoms with Gasteiger partial charge in [-0.3, -0.25) is 5.32 Å². The molecule has 4 heterocycles. The molecule has 2 aliphatic heterocycles. The van der Waals surface area contributed by atoms with Crippen LogP contribution in [0.3, 0.4) is 0 Å².